The van der Waals surface area contributed by atoms with Crippen LogP contribution in [0.4, 0.5) is 0 Å². The van der Waals surface area contributed by atoms with Crippen LogP contribution in [0.15, 0.2) is 18.2 Å². The van der Waals surface area contributed by atoms with Crippen molar-refractivity contribution in [2.45, 2.75) is 32.7 Å². The smallest absolute Gasteiger partial charge is 0.0477 e. The summed E-state index contributed by atoms with van der Waals surface area (Å²) in [5.41, 5.74) is 4.24. The summed E-state index contributed by atoms with van der Waals surface area (Å²) in [6, 6.07) is 6.99. The first-order valence-corrected chi connectivity index (χ1v) is 5.90. The molecule has 16 heavy (non-hydrogen) atoms. The van der Waals surface area contributed by atoms with E-state index in [0.29, 0.717) is 6.04 Å². The van der Waals surface area contributed by atoms with Gasteiger partial charge in [0.15, 0.2) is 0 Å². The van der Waals surface area contributed by atoms with Crippen molar-refractivity contribution in [3.8, 4) is 0 Å². The third kappa shape index (κ3) is 3.62. The zero-order valence-corrected chi connectivity index (χ0v) is 10.8. The molecule has 1 unspecified atom stereocenters. The lowest BCUT2D eigenvalue weighted by Gasteiger charge is -2.18. The van der Waals surface area contributed by atoms with E-state index in [9.17, 15) is 0 Å². The fourth-order valence-electron chi connectivity index (χ4n) is 2.03. The monoisotopic (exact) mass is 221 g/mol. The third-order valence-electron chi connectivity index (χ3n) is 3.17. The van der Waals surface area contributed by atoms with Crippen molar-refractivity contribution in [2.24, 2.45) is 0 Å². The van der Waals surface area contributed by atoms with E-state index < -0.39 is 0 Å². The Morgan fingerprint density at radius 1 is 1.25 bits per heavy atom. The second kappa shape index (κ2) is 6.66. The summed E-state index contributed by atoms with van der Waals surface area (Å²) >= 11 is 0. The average molecular weight is 221 g/mol. The maximum atomic E-state index is 5.13. The lowest BCUT2D eigenvalue weighted by atomic mass is 9.95. The van der Waals surface area contributed by atoms with Gasteiger partial charge in [0.05, 0.1) is 0 Å². The quantitative estimate of drug-likeness (QED) is 0.797. The van der Waals surface area contributed by atoms with Crippen molar-refractivity contribution in [1.29, 1.82) is 0 Å². The van der Waals surface area contributed by atoms with Crippen molar-refractivity contribution < 1.29 is 4.74 Å². The average Bonchev–Trinajstić information content (AvgIpc) is 2.28. The first-order valence-electron chi connectivity index (χ1n) is 5.90. The van der Waals surface area contributed by atoms with Crippen molar-refractivity contribution >= 4 is 0 Å². The van der Waals surface area contributed by atoms with E-state index in [-0.39, 0.29) is 0 Å². The Kier molecular flexibility index (Phi) is 5.50. The molecule has 0 saturated carbocycles. The predicted molar refractivity (Wildman–Crippen MR) is 69.0 cm³/mol. The van der Waals surface area contributed by atoms with Gasteiger partial charge in [-0.25, -0.2) is 0 Å². The van der Waals surface area contributed by atoms with Crippen LogP contribution in [-0.4, -0.2) is 26.8 Å². The molecule has 0 aliphatic rings. The summed E-state index contributed by atoms with van der Waals surface area (Å²) in [7, 11) is 3.78. The number of rotatable bonds is 6. The number of hydrogen-bond acceptors (Lipinski definition) is 2. The van der Waals surface area contributed by atoms with Gasteiger partial charge in [-0.1, -0.05) is 18.2 Å². The molecule has 1 aromatic rings. The highest BCUT2D eigenvalue weighted by Gasteiger charge is 2.10. The Bertz CT molecular complexity index is 302. The van der Waals surface area contributed by atoms with E-state index in [1.807, 2.05) is 7.05 Å². The third-order valence-corrected chi connectivity index (χ3v) is 3.17. The molecule has 0 heterocycles. The van der Waals surface area contributed by atoms with Crippen molar-refractivity contribution in [3.05, 3.63) is 34.9 Å². The van der Waals surface area contributed by atoms with Crippen molar-refractivity contribution in [3.63, 3.8) is 0 Å². The minimum absolute atomic E-state index is 0.500. The molecule has 0 amide bonds. The normalized spacial score (nSPS) is 12.8. The highest BCUT2D eigenvalue weighted by molar-refractivity contribution is 5.34. The summed E-state index contributed by atoms with van der Waals surface area (Å²) < 4.78 is 5.13. The molecule has 1 rings (SSSR count). The van der Waals surface area contributed by atoms with Crippen molar-refractivity contribution in [2.75, 3.05) is 20.8 Å². The fourth-order valence-corrected chi connectivity index (χ4v) is 2.03. The SMILES string of the molecule is CNC(CCOC)Cc1c(C)cccc1C. The Morgan fingerprint density at radius 2 is 1.88 bits per heavy atom. The number of ether oxygens (including phenoxy) is 1. The van der Waals surface area contributed by atoms with Crippen LogP contribution in [0.1, 0.15) is 23.1 Å². The minimum Gasteiger partial charge on any atom is -0.385 e. The molecular formula is C14H23NO. The van der Waals surface area contributed by atoms with Gasteiger partial charge in [-0.15, -0.1) is 0 Å². The van der Waals surface area contributed by atoms with Crippen LogP contribution in [0.3, 0.4) is 0 Å². The first kappa shape index (κ1) is 13.2. The lowest BCUT2D eigenvalue weighted by Crippen LogP contribution is -2.29. The summed E-state index contributed by atoms with van der Waals surface area (Å²) in [5, 5.41) is 3.36. The molecule has 1 atom stereocenters. The first-order chi connectivity index (χ1) is 7.69. The second-order valence-electron chi connectivity index (χ2n) is 4.34. The maximum absolute atomic E-state index is 5.13. The summed E-state index contributed by atoms with van der Waals surface area (Å²) in [6.45, 7) is 5.19. The summed E-state index contributed by atoms with van der Waals surface area (Å²) in [5.74, 6) is 0. The van der Waals surface area contributed by atoms with Crippen LogP contribution in [0.2, 0.25) is 0 Å². The second-order valence-corrected chi connectivity index (χ2v) is 4.34. The number of nitrogens with one attached hydrogen (secondary N) is 1. The van der Waals surface area contributed by atoms with Crippen LogP contribution in [0, 0.1) is 13.8 Å². The molecule has 0 saturated heterocycles. The van der Waals surface area contributed by atoms with Crippen LogP contribution in [0.25, 0.3) is 0 Å². The van der Waals surface area contributed by atoms with Gasteiger partial charge in [0.25, 0.3) is 0 Å². The molecule has 2 nitrogen and oxygen atoms in total. The molecule has 90 valence electrons. The molecule has 1 aromatic carbocycles. The van der Waals surface area contributed by atoms with Crippen molar-refractivity contribution in [1.82, 2.24) is 5.32 Å². The Labute approximate surface area is 99.0 Å². The Hall–Kier alpha value is -0.860. The molecule has 0 bridgehead atoms. The molecular weight excluding hydrogens is 198 g/mol. The lowest BCUT2D eigenvalue weighted by molar-refractivity contribution is 0.184. The molecule has 0 fully saturated rings. The maximum Gasteiger partial charge on any atom is 0.0477 e. The highest BCUT2D eigenvalue weighted by Crippen LogP contribution is 2.16. The molecule has 2 heteroatoms. The van der Waals surface area contributed by atoms with Crippen LogP contribution < -0.4 is 5.32 Å². The molecule has 0 spiro atoms. The Balaban J connectivity index is 2.69. The highest BCUT2D eigenvalue weighted by atomic mass is 16.5. The summed E-state index contributed by atoms with van der Waals surface area (Å²) in [4.78, 5) is 0. The van der Waals surface area contributed by atoms with E-state index in [4.69, 9.17) is 4.74 Å². The standard InChI is InChI=1S/C14H23NO/c1-11-6-5-7-12(2)14(11)10-13(15-3)8-9-16-4/h5-7,13,15H,8-10H2,1-4H3. The van der Waals surface area contributed by atoms with E-state index in [1.165, 1.54) is 16.7 Å². The number of methoxy groups -OCH3 is 1. The molecule has 1 N–H and O–H groups in total. The van der Waals surface area contributed by atoms with Gasteiger partial charge in [-0.05, 0) is 50.4 Å². The van der Waals surface area contributed by atoms with E-state index >= 15 is 0 Å². The van der Waals surface area contributed by atoms with Crippen LogP contribution in [0.5, 0.6) is 0 Å². The van der Waals surface area contributed by atoms with Gasteiger partial charge in [-0.3, -0.25) is 0 Å². The van der Waals surface area contributed by atoms with E-state index in [0.717, 1.165) is 19.4 Å². The number of hydrogen-bond donors (Lipinski definition) is 1. The Morgan fingerprint density at radius 3 is 2.38 bits per heavy atom. The largest absolute Gasteiger partial charge is 0.385 e. The van der Waals surface area contributed by atoms with Gasteiger partial charge in [0.1, 0.15) is 0 Å². The van der Waals surface area contributed by atoms with E-state index in [1.54, 1.807) is 7.11 Å². The van der Waals surface area contributed by atoms with E-state index in [2.05, 4.69) is 37.4 Å². The van der Waals surface area contributed by atoms with Gasteiger partial charge in [0, 0.05) is 19.8 Å². The van der Waals surface area contributed by atoms with Gasteiger partial charge >= 0.3 is 0 Å². The molecule has 0 radical (unpaired) electrons. The predicted octanol–water partition coefficient (Wildman–Crippen LogP) is 2.47. The summed E-state index contributed by atoms with van der Waals surface area (Å²) in [6.07, 6.45) is 2.14. The zero-order valence-electron chi connectivity index (χ0n) is 10.8. The van der Waals surface area contributed by atoms with Gasteiger partial charge in [-0.2, -0.15) is 0 Å². The number of likely N-dealkylation sites (N-methyl/N-ethyl adjacent to an activating group) is 1. The molecule has 0 aromatic heterocycles. The minimum atomic E-state index is 0.500. The fraction of sp³-hybridized carbons (Fsp3) is 0.571. The van der Waals surface area contributed by atoms with Crippen LogP contribution >= 0.6 is 0 Å². The molecule has 0 aliphatic heterocycles. The topological polar surface area (TPSA) is 21.3 Å². The van der Waals surface area contributed by atoms with Crippen LogP contribution in [-0.2, 0) is 11.2 Å². The van der Waals surface area contributed by atoms with Gasteiger partial charge in [0.2, 0.25) is 0 Å². The van der Waals surface area contributed by atoms with Gasteiger partial charge < -0.3 is 10.1 Å². The molecule has 0 aliphatic carbocycles. The zero-order chi connectivity index (χ0) is 12.0. The number of benzene rings is 1. The number of aryl methyl sites for hydroxylation is 2.